The molecule has 3 nitrogen and oxygen atoms in total. The van der Waals surface area contributed by atoms with Gasteiger partial charge in [0.2, 0.25) is 6.43 Å². The van der Waals surface area contributed by atoms with Crippen molar-refractivity contribution < 1.29 is 18.3 Å². The molecule has 5 heteroatoms. The van der Waals surface area contributed by atoms with E-state index in [1.165, 1.54) is 0 Å². The van der Waals surface area contributed by atoms with Crippen molar-refractivity contribution in [2.24, 2.45) is 5.92 Å². The summed E-state index contributed by atoms with van der Waals surface area (Å²) in [6, 6.07) is 0. The summed E-state index contributed by atoms with van der Waals surface area (Å²) in [6.45, 7) is 7.18. The first-order valence-corrected chi connectivity index (χ1v) is 4.97. The van der Waals surface area contributed by atoms with Crippen LogP contribution in [-0.2, 0) is 9.53 Å². The van der Waals surface area contributed by atoms with Gasteiger partial charge in [-0.05, 0) is 33.7 Å². The lowest BCUT2D eigenvalue weighted by Crippen LogP contribution is -2.17. The largest absolute Gasteiger partial charge is 0.462 e. The van der Waals surface area contributed by atoms with Gasteiger partial charge in [0.05, 0.1) is 0 Å². The van der Waals surface area contributed by atoms with Crippen molar-refractivity contribution >= 4 is 6.47 Å². The Morgan fingerprint density at radius 2 is 2.07 bits per heavy atom. The first-order valence-electron chi connectivity index (χ1n) is 4.97. The molecular weight excluding hydrogens is 204 g/mol. The lowest BCUT2D eigenvalue weighted by molar-refractivity contribution is -0.138. The molecule has 0 aromatic carbocycles. The second-order valence-electron chi connectivity index (χ2n) is 4.41. The Kier molecular flexibility index (Phi) is 6.40. The zero-order chi connectivity index (χ0) is 11.9. The van der Waals surface area contributed by atoms with Crippen LogP contribution in [0.4, 0.5) is 8.78 Å². The van der Waals surface area contributed by atoms with Gasteiger partial charge in [-0.15, -0.1) is 0 Å². The van der Waals surface area contributed by atoms with E-state index in [0.717, 1.165) is 6.54 Å². The quantitative estimate of drug-likeness (QED) is 0.726. The Hall–Kier alpha value is -0.710. The highest BCUT2D eigenvalue weighted by atomic mass is 19.3. The molecule has 0 aliphatic carbocycles. The maximum absolute atomic E-state index is 11.7. The van der Waals surface area contributed by atoms with Gasteiger partial charge in [-0.3, -0.25) is 4.79 Å². The minimum atomic E-state index is -2.12. The summed E-state index contributed by atoms with van der Waals surface area (Å²) >= 11 is 0. The van der Waals surface area contributed by atoms with Crippen molar-refractivity contribution in [3.05, 3.63) is 0 Å². The highest BCUT2D eigenvalue weighted by Crippen LogP contribution is 2.15. The molecule has 1 atom stereocenters. The van der Waals surface area contributed by atoms with Crippen LogP contribution in [0.25, 0.3) is 0 Å². The Bertz CT molecular complexity index is 175. The van der Waals surface area contributed by atoms with Gasteiger partial charge in [0.15, 0.2) is 0 Å². The summed E-state index contributed by atoms with van der Waals surface area (Å²) < 4.78 is 27.9. The molecule has 0 aromatic heterocycles. The van der Waals surface area contributed by atoms with Crippen molar-refractivity contribution in [3.63, 3.8) is 0 Å². The summed E-state index contributed by atoms with van der Waals surface area (Å²) in [5.41, 5.74) is -0.318. The fourth-order valence-electron chi connectivity index (χ4n) is 1.04. The molecule has 0 radical (unpaired) electrons. The van der Waals surface area contributed by atoms with Gasteiger partial charge in [0, 0.05) is 12.5 Å². The van der Waals surface area contributed by atoms with E-state index >= 15 is 0 Å². The SMILES string of the molecule is CC(C)(C)OC=O.FC(F)C1CCNC1. The normalized spacial score (nSPS) is 20.8. The zero-order valence-corrected chi connectivity index (χ0v) is 9.43. The molecule has 0 spiro atoms. The number of hydrogen-bond donors (Lipinski definition) is 1. The van der Waals surface area contributed by atoms with Crippen molar-refractivity contribution in [1.82, 2.24) is 5.32 Å². The molecule has 1 N–H and O–H groups in total. The van der Waals surface area contributed by atoms with E-state index in [0.29, 0.717) is 19.4 Å². The second kappa shape index (κ2) is 6.71. The van der Waals surface area contributed by atoms with Gasteiger partial charge >= 0.3 is 0 Å². The molecule has 1 heterocycles. The predicted molar refractivity (Wildman–Crippen MR) is 53.9 cm³/mol. The van der Waals surface area contributed by atoms with Crippen LogP contribution in [0.3, 0.4) is 0 Å². The van der Waals surface area contributed by atoms with Gasteiger partial charge < -0.3 is 10.1 Å². The van der Waals surface area contributed by atoms with E-state index in [1.807, 2.05) is 20.8 Å². The molecular formula is C10H19F2NO2. The first kappa shape index (κ1) is 14.3. The van der Waals surface area contributed by atoms with Crippen LogP contribution in [0.2, 0.25) is 0 Å². The fraction of sp³-hybridized carbons (Fsp3) is 0.900. The van der Waals surface area contributed by atoms with Crippen LogP contribution >= 0.6 is 0 Å². The minimum absolute atomic E-state index is 0.318. The Morgan fingerprint density at radius 3 is 2.20 bits per heavy atom. The molecule has 1 fully saturated rings. The highest BCUT2D eigenvalue weighted by Gasteiger charge is 2.23. The second-order valence-corrected chi connectivity index (χ2v) is 4.41. The molecule has 1 rings (SSSR count). The van der Waals surface area contributed by atoms with E-state index in [1.54, 1.807) is 0 Å². The lowest BCUT2D eigenvalue weighted by atomic mass is 10.1. The van der Waals surface area contributed by atoms with E-state index in [2.05, 4.69) is 10.1 Å². The third-order valence-corrected chi connectivity index (χ3v) is 1.86. The predicted octanol–water partition coefficient (Wildman–Crippen LogP) is 1.82. The minimum Gasteiger partial charge on any atom is -0.462 e. The third kappa shape index (κ3) is 8.30. The third-order valence-electron chi connectivity index (χ3n) is 1.86. The maximum atomic E-state index is 11.7. The fourth-order valence-corrected chi connectivity index (χ4v) is 1.04. The van der Waals surface area contributed by atoms with E-state index in [9.17, 15) is 13.6 Å². The zero-order valence-electron chi connectivity index (χ0n) is 9.43. The summed E-state index contributed by atoms with van der Waals surface area (Å²) in [6.07, 6.45) is -1.48. The molecule has 0 bridgehead atoms. The van der Waals surface area contributed by atoms with Crippen LogP contribution in [0, 0.1) is 5.92 Å². The first-order chi connectivity index (χ1) is 6.87. The highest BCUT2D eigenvalue weighted by molar-refractivity contribution is 5.37. The summed E-state index contributed by atoms with van der Waals surface area (Å²) in [4.78, 5) is 9.60. The van der Waals surface area contributed by atoms with Crippen LogP contribution in [0.1, 0.15) is 27.2 Å². The van der Waals surface area contributed by atoms with Gasteiger partial charge in [0.1, 0.15) is 5.60 Å². The summed E-state index contributed by atoms with van der Waals surface area (Å²) in [7, 11) is 0. The Morgan fingerprint density at radius 1 is 1.47 bits per heavy atom. The van der Waals surface area contributed by atoms with E-state index in [4.69, 9.17) is 0 Å². The number of carbonyl (C=O) groups excluding carboxylic acids is 1. The number of carbonyl (C=O) groups is 1. The number of halogens is 2. The monoisotopic (exact) mass is 223 g/mol. The van der Waals surface area contributed by atoms with Gasteiger partial charge in [-0.2, -0.15) is 0 Å². The molecule has 0 saturated carbocycles. The van der Waals surface area contributed by atoms with Gasteiger partial charge in [0.25, 0.3) is 6.47 Å². The van der Waals surface area contributed by atoms with Crippen molar-refractivity contribution in [3.8, 4) is 0 Å². The molecule has 0 amide bonds. The van der Waals surface area contributed by atoms with E-state index in [-0.39, 0.29) is 11.5 Å². The number of alkyl halides is 2. The van der Waals surface area contributed by atoms with Crippen LogP contribution < -0.4 is 5.32 Å². The number of hydrogen-bond acceptors (Lipinski definition) is 3. The molecule has 90 valence electrons. The van der Waals surface area contributed by atoms with Crippen LogP contribution in [-0.4, -0.2) is 31.6 Å². The molecule has 1 aliphatic rings. The van der Waals surface area contributed by atoms with Crippen molar-refractivity contribution in [1.29, 1.82) is 0 Å². The number of nitrogens with one attached hydrogen (secondary N) is 1. The summed E-state index contributed by atoms with van der Waals surface area (Å²) in [5, 5.41) is 2.87. The lowest BCUT2D eigenvalue weighted by Gasteiger charge is -2.14. The van der Waals surface area contributed by atoms with Crippen LogP contribution in [0.15, 0.2) is 0 Å². The Balaban J connectivity index is 0.000000265. The average molecular weight is 223 g/mol. The van der Waals surface area contributed by atoms with Crippen molar-refractivity contribution in [2.75, 3.05) is 13.1 Å². The van der Waals surface area contributed by atoms with Crippen molar-refractivity contribution in [2.45, 2.75) is 39.2 Å². The molecule has 1 saturated heterocycles. The molecule has 1 aliphatic heterocycles. The van der Waals surface area contributed by atoms with Gasteiger partial charge in [-0.25, -0.2) is 8.78 Å². The average Bonchev–Trinajstić information content (AvgIpc) is 2.53. The molecule has 1 unspecified atom stereocenters. The topological polar surface area (TPSA) is 38.3 Å². The standard InChI is InChI=1S/C5H9F2N.C5H10O2/c6-5(7)4-1-2-8-3-4;1-5(2,3)7-4-6/h4-5,8H,1-3H2;4H,1-3H3. The van der Waals surface area contributed by atoms with Gasteiger partial charge in [-0.1, -0.05) is 0 Å². The van der Waals surface area contributed by atoms with Crippen LogP contribution in [0.5, 0.6) is 0 Å². The molecule has 0 aromatic rings. The molecule has 15 heavy (non-hydrogen) atoms. The number of rotatable bonds is 2. The smallest absolute Gasteiger partial charge is 0.293 e. The summed E-state index contributed by atoms with van der Waals surface area (Å²) in [5.74, 6) is -0.380. The van der Waals surface area contributed by atoms with E-state index < -0.39 is 6.43 Å². The Labute approximate surface area is 89.2 Å². The number of ether oxygens (including phenoxy) is 1. The maximum Gasteiger partial charge on any atom is 0.293 e.